The van der Waals surface area contributed by atoms with E-state index in [1.165, 1.54) is 0 Å². The highest BCUT2D eigenvalue weighted by Crippen LogP contribution is 2.29. The van der Waals surface area contributed by atoms with Gasteiger partial charge >= 0.3 is 0 Å². The van der Waals surface area contributed by atoms with Crippen LogP contribution in [0.3, 0.4) is 0 Å². The molecule has 0 radical (unpaired) electrons. The van der Waals surface area contributed by atoms with Gasteiger partial charge in [-0.25, -0.2) is 9.98 Å². The van der Waals surface area contributed by atoms with Crippen molar-refractivity contribution in [3.05, 3.63) is 107 Å². The third-order valence-corrected chi connectivity index (χ3v) is 5.46. The number of aromatic amines is 1. The van der Waals surface area contributed by atoms with Gasteiger partial charge in [0.15, 0.2) is 5.84 Å². The molecule has 0 saturated carbocycles. The summed E-state index contributed by atoms with van der Waals surface area (Å²) in [7, 11) is 0. The van der Waals surface area contributed by atoms with E-state index in [1.54, 1.807) is 6.20 Å². The zero-order chi connectivity index (χ0) is 25.5. The molecular formula is C28H27N7O. The van der Waals surface area contributed by atoms with Crippen molar-refractivity contribution in [1.29, 1.82) is 5.41 Å². The van der Waals surface area contributed by atoms with Crippen LogP contribution < -0.4 is 16.4 Å². The van der Waals surface area contributed by atoms with E-state index < -0.39 is 0 Å². The summed E-state index contributed by atoms with van der Waals surface area (Å²) in [6, 6.07) is 22.5. The maximum atomic E-state index is 11.3. The molecule has 4 aromatic rings. The minimum absolute atomic E-state index is 0.0626. The lowest BCUT2D eigenvalue weighted by molar-refractivity contribution is -0.105. The molecule has 8 heteroatoms. The van der Waals surface area contributed by atoms with E-state index in [-0.39, 0.29) is 11.7 Å². The van der Waals surface area contributed by atoms with Gasteiger partial charge in [0, 0.05) is 40.0 Å². The zero-order valence-electron chi connectivity index (χ0n) is 20.0. The molecule has 0 fully saturated rings. The highest BCUT2D eigenvalue weighted by molar-refractivity contribution is 6.10. The lowest BCUT2D eigenvalue weighted by atomic mass is 10.0. The topological polar surface area (TPSA) is 132 Å². The number of imidazole rings is 1. The van der Waals surface area contributed by atoms with Crippen LogP contribution in [0, 0.1) is 12.3 Å². The molecule has 0 aliphatic rings. The first-order valence-corrected chi connectivity index (χ1v) is 11.3. The Bertz CT molecular complexity index is 1450. The van der Waals surface area contributed by atoms with Crippen LogP contribution in [-0.2, 0) is 4.79 Å². The molecule has 0 aliphatic heterocycles. The van der Waals surface area contributed by atoms with Gasteiger partial charge in [0.2, 0.25) is 6.41 Å². The van der Waals surface area contributed by atoms with Gasteiger partial charge in [-0.15, -0.1) is 0 Å². The molecule has 0 spiro atoms. The second-order valence-corrected chi connectivity index (χ2v) is 8.22. The molecule has 1 aromatic heterocycles. The molecule has 36 heavy (non-hydrogen) atoms. The van der Waals surface area contributed by atoms with Gasteiger partial charge in [-0.2, -0.15) is 0 Å². The Labute approximate surface area is 209 Å². The number of carbonyl (C=O) groups is 1. The standard InChI is InChI=1S/C28H27N7O/c1-18(13-26-31-16-19(2)33-26)24-12-11-23(15-25(24)32-17-36)34-22-10-6-9-21(14-22)28(30)35-27(29)20-7-4-3-5-8-20/h3-17,34H,1-2H3,(H,31,33)(H,32,36)(H3,29,30,35)/b18-13+. The third kappa shape index (κ3) is 5.92. The predicted octanol–water partition coefficient (Wildman–Crippen LogP) is 5.32. The molecule has 4 rings (SSSR count). The maximum Gasteiger partial charge on any atom is 0.211 e. The Kier molecular flexibility index (Phi) is 7.36. The number of aliphatic imine (C=N–C) groups is 1. The quantitative estimate of drug-likeness (QED) is 0.133. The van der Waals surface area contributed by atoms with E-state index in [0.717, 1.165) is 39.6 Å². The Hall–Kier alpha value is -4.98. The van der Waals surface area contributed by atoms with E-state index in [0.29, 0.717) is 17.7 Å². The second-order valence-electron chi connectivity index (χ2n) is 8.22. The van der Waals surface area contributed by atoms with Crippen molar-refractivity contribution in [1.82, 2.24) is 9.97 Å². The summed E-state index contributed by atoms with van der Waals surface area (Å²) in [5.74, 6) is 1.10. The van der Waals surface area contributed by atoms with Crippen molar-refractivity contribution in [2.45, 2.75) is 13.8 Å². The summed E-state index contributed by atoms with van der Waals surface area (Å²) in [6.45, 7) is 3.91. The molecular weight excluding hydrogens is 450 g/mol. The number of benzene rings is 3. The SMILES string of the molecule is C/C(=C\c1ncc(C)[nH]1)c1ccc(Nc2cccc(C(=N)N=C(N)c3ccccc3)c2)cc1NC=O. The Morgan fingerprint density at radius 2 is 1.78 bits per heavy atom. The monoisotopic (exact) mass is 477 g/mol. The average Bonchev–Trinajstić information content (AvgIpc) is 3.29. The smallest absolute Gasteiger partial charge is 0.211 e. The number of hydrogen-bond donors (Lipinski definition) is 5. The Morgan fingerprint density at radius 3 is 2.50 bits per heavy atom. The summed E-state index contributed by atoms with van der Waals surface area (Å²) < 4.78 is 0. The summed E-state index contributed by atoms with van der Waals surface area (Å²) in [5, 5.41) is 14.5. The van der Waals surface area contributed by atoms with Crippen LogP contribution in [0.5, 0.6) is 0 Å². The van der Waals surface area contributed by atoms with Gasteiger partial charge in [0.25, 0.3) is 0 Å². The molecule has 180 valence electrons. The van der Waals surface area contributed by atoms with Crippen LogP contribution in [0.2, 0.25) is 0 Å². The number of aryl methyl sites for hydroxylation is 1. The summed E-state index contributed by atoms with van der Waals surface area (Å²) in [5.41, 5.74) is 12.5. The first kappa shape index (κ1) is 24.2. The minimum atomic E-state index is 0.0626. The normalized spacial score (nSPS) is 11.7. The molecule has 1 amide bonds. The fraction of sp³-hybridized carbons (Fsp3) is 0.0714. The maximum absolute atomic E-state index is 11.3. The van der Waals surface area contributed by atoms with Gasteiger partial charge in [-0.1, -0.05) is 48.5 Å². The fourth-order valence-electron chi connectivity index (χ4n) is 3.71. The van der Waals surface area contributed by atoms with Gasteiger partial charge < -0.3 is 21.4 Å². The van der Waals surface area contributed by atoms with Crippen molar-refractivity contribution >= 4 is 46.8 Å². The first-order chi connectivity index (χ1) is 17.4. The molecule has 1 heterocycles. The summed E-state index contributed by atoms with van der Waals surface area (Å²) in [4.78, 5) is 23.0. The van der Waals surface area contributed by atoms with Crippen LogP contribution in [0.4, 0.5) is 17.1 Å². The van der Waals surface area contributed by atoms with Gasteiger partial charge in [0.05, 0.1) is 5.69 Å². The number of amidine groups is 2. The van der Waals surface area contributed by atoms with Crippen LogP contribution in [0.25, 0.3) is 11.6 Å². The van der Waals surface area contributed by atoms with Gasteiger partial charge in [-0.3, -0.25) is 10.2 Å². The minimum Gasteiger partial charge on any atom is -0.383 e. The van der Waals surface area contributed by atoms with Crippen LogP contribution >= 0.6 is 0 Å². The van der Waals surface area contributed by atoms with Crippen molar-refractivity contribution in [2.24, 2.45) is 10.7 Å². The van der Waals surface area contributed by atoms with E-state index in [1.807, 2.05) is 92.7 Å². The molecule has 8 nitrogen and oxygen atoms in total. The molecule has 6 N–H and O–H groups in total. The number of nitrogens with two attached hydrogens (primary N) is 1. The first-order valence-electron chi connectivity index (χ1n) is 11.3. The van der Waals surface area contributed by atoms with Crippen LogP contribution in [0.15, 0.2) is 84.0 Å². The largest absolute Gasteiger partial charge is 0.383 e. The number of anilines is 3. The third-order valence-electron chi connectivity index (χ3n) is 5.46. The van der Waals surface area contributed by atoms with Crippen molar-refractivity contribution in [3.8, 4) is 0 Å². The lowest BCUT2D eigenvalue weighted by Crippen LogP contribution is -2.15. The number of nitrogens with one attached hydrogen (secondary N) is 4. The number of hydrogen-bond acceptors (Lipinski definition) is 4. The van der Waals surface area contributed by atoms with Crippen molar-refractivity contribution in [3.63, 3.8) is 0 Å². The Balaban J connectivity index is 1.55. The number of rotatable bonds is 8. The number of aromatic nitrogens is 2. The molecule has 0 saturated heterocycles. The van der Waals surface area contributed by atoms with Gasteiger partial charge in [0.1, 0.15) is 11.7 Å². The van der Waals surface area contributed by atoms with E-state index in [9.17, 15) is 4.79 Å². The fourth-order valence-corrected chi connectivity index (χ4v) is 3.71. The molecule has 0 bridgehead atoms. The number of H-pyrrole nitrogens is 1. The van der Waals surface area contributed by atoms with Crippen LogP contribution in [-0.4, -0.2) is 28.0 Å². The molecule has 0 aliphatic carbocycles. The van der Waals surface area contributed by atoms with Crippen LogP contribution in [0.1, 0.15) is 35.1 Å². The summed E-state index contributed by atoms with van der Waals surface area (Å²) in [6.07, 6.45) is 4.36. The molecule has 3 aromatic carbocycles. The molecule has 0 atom stereocenters. The highest BCUT2D eigenvalue weighted by Gasteiger charge is 2.09. The Morgan fingerprint density at radius 1 is 1.03 bits per heavy atom. The molecule has 0 unspecified atom stereocenters. The zero-order valence-corrected chi connectivity index (χ0v) is 20.0. The van der Waals surface area contributed by atoms with E-state index >= 15 is 0 Å². The second kappa shape index (κ2) is 11.0. The van der Waals surface area contributed by atoms with Crippen molar-refractivity contribution in [2.75, 3.05) is 10.6 Å². The van der Waals surface area contributed by atoms with Gasteiger partial charge in [-0.05, 0) is 49.8 Å². The number of nitrogens with zero attached hydrogens (tertiary/aromatic N) is 2. The number of allylic oxidation sites excluding steroid dienone is 1. The average molecular weight is 478 g/mol. The highest BCUT2D eigenvalue weighted by atomic mass is 16.1. The number of carbonyl (C=O) groups excluding carboxylic acids is 1. The number of amides is 1. The van der Waals surface area contributed by atoms with E-state index in [2.05, 4.69) is 25.6 Å². The summed E-state index contributed by atoms with van der Waals surface area (Å²) >= 11 is 0. The van der Waals surface area contributed by atoms with E-state index in [4.69, 9.17) is 11.1 Å². The lowest BCUT2D eigenvalue weighted by Gasteiger charge is -2.13. The van der Waals surface area contributed by atoms with Crippen molar-refractivity contribution < 1.29 is 4.79 Å². The predicted molar refractivity (Wildman–Crippen MR) is 147 cm³/mol.